The van der Waals surface area contributed by atoms with Gasteiger partial charge in [-0.3, -0.25) is 4.79 Å². The van der Waals surface area contributed by atoms with Crippen LogP contribution < -0.4 is 4.72 Å². The SMILES string of the molecule is CC[C@H]1OC(=O)[C@H](C)[C@@H](O[C@@H]2C[C@@](C)(OC)[C@@H](O)[C@H](C)O2)C[C@@H](O[C@H]2C[C@H](N(C)C)C[C@@H](C)O2)CCCCN(C(=O)NS(=O)(=O)c2ccc(Cl)cc2)C[C@@H](O)[C@]1(C)O. The zero-order valence-electron chi connectivity index (χ0n) is 35.3. The van der Waals surface area contributed by atoms with Crippen molar-refractivity contribution in [3.8, 4) is 0 Å². The standard InChI is InChI=1S/C40H66ClN3O13S/c1-10-33-40(6,49)32(45)23-44(38(48)42-58(50,51)30-16-14-27(41)15-17-30)18-12-11-13-29(55-34-20-28(43(7)8)19-24(2)53-34)21-31(25(3)37(47)57-33)56-35-22-39(5,52-9)36(46)26(4)54-35/h14-17,24-26,28-29,31-36,45-46,49H,10-13,18-23H2,1-9H3,(H,42,48)/t24-,25-,26+,28-,29+,31+,32-,33-,34+,35-,36+,39-,40+/m1/s1. The van der Waals surface area contributed by atoms with Crippen molar-refractivity contribution in [1.29, 1.82) is 0 Å². The van der Waals surface area contributed by atoms with E-state index in [2.05, 4.69) is 9.62 Å². The number of benzene rings is 1. The second kappa shape index (κ2) is 20.6. The number of rotatable bonds is 9. The topological polar surface area (TPSA) is 203 Å². The van der Waals surface area contributed by atoms with Gasteiger partial charge in [-0.2, -0.15) is 0 Å². The van der Waals surface area contributed by atoms with E-state index in [9.17, 15) is 33.3 Å². The second-order valence-corrected chi connectivity index (χ2v) is 18.9. The van der Waals surface area contributed by atoms with E-state index < -0.39 is 94.9 Å². The third kappa shape index (κ3) is 12.5. The summed E-state index contributed by atoms with van der Waals surface area (Å²) in [6.07, 6.45) is -4.27. The number of hydrogen-bond donors (Lipinski definition) is 4. The smallest absolute Gasteiger partial charge is 0.331 e. The Morgan fingerprint density at radius 3 is 2.33 bits per heavy atom. The van der Waals surface area contributed by atoms with Gasteiger partial charge in [0.15, 0.2) is 12.6 Å². The molecule has 3 heterocycles. The summed E-state index contributed by atoms with van der Waals surface area (Å²) in [7, 11) is 1.19. The monoisotopic (exact) mass is 863 g/mol. The van der Waals surface area contributed by atoms with Crippen molar-refractivity contribution in [3.05, 3.63) is 29.3 Å². The average molecular weight is 864 g/mol. The predicted molar refractivity (Wildman–Crippen MR) is 214 cm³/mol. The van der Waals surface area contributed by atoms with E-state index in [-0.39, 0.29) is 42.8 Å². The van der Waals surface area contributed by atoms with Crippen LogP contribution in [-0.4, -0.2) is 152 Å². The lowest BCUT2D eigenvalue weighted by molar-refractivity contribution is -0.295. The van der Waals surface area contributed by atoms with E-state index in [0.29, 0.717) is 30.7 Å². The number of aliphatic hydroxyl groups is 3. The molecular weight excluding hydrogens is 798 g/mol. The molecule has 58 heavy (non-hydrogen) atoms. The third-order valence-corrected chi connectivity index (χ3v) is 13.5. The molecule has 4 N–H and O–H groups in total. The molecule has 0 bridgehead atoms. The van der Waals surface area contributed by atoms with Crippen molar-refractivity contribution >= 4 is 33.6 Å². The molecule has 3 saturated heterocycles. The highest BCUT2D eigenvalue weighted by atomic mass is 35.5. The van der Waals surface area contributed by atoms with Crippen LogP contribution in [0, 0.1) is 5.92 Å². The minimum absolute atomic E-state index is 0.000136. The number of β-amino-alcohol motifs (C(OH)–C–C–N with tert-alkyl or cyclic N) is 1. The number of nitrogens with zero attached hydrogens (tertiary/aromatic N) is 2. The Hall–Kier alpha value is -2.16. The largest absolute Gasteiger partial charge is 0.459 e. The van der Waals surface area contributed by atoms with Gasteiger partial charge >= 0.3 is 12.0 Å². The summed E-state index contributed by atoms with van der Waals surface area (Å²) >= 11 is 5.94. The van der Waals surface area contributed by atoms with Crippen molar-refractivity contribution in [3.63, 3.8) is 0 Å². The number of amides is 2. The summed E-state index contributed by atoms with van der Waals surface area (Å²) in [5, 5.41) is 34.4. The molecule has 0 aliphatic carbocycles. The summed E-state index contributed by atoms with van der Waals surface area (Å²) < 4.78 is 65.8. The summed E-state index contributed by atoms with van der Waals surface area (Å²) in [6.45, 7) is 9.65. The highest BCUT2D eigenvalue weighted by Crippen LogP contribution is 2.36. The van der Waals surface area contributed by atoms with Gasteiger partial charge in [-0.05, 0) is 105 Å². The first-order chi connectivity index (χ1) is 27.1. The number of nitrogens with one attached hydrogen (secondary N) is 1. The molecule has 0 saturated carbocycles. The number of hydrogen-bond acceptors (Lipinski definition) is 14. The van der Waals surface area contributed by atoms with E-state index in [4.69, 9.17) is 40.0 Å². The number of esters is 1. The van der Waals surface area contributed by atoms with Gasteiger partial charge in [0, 0.05) is 44.0 Å². The molecule has 3 fully saturated rings. The number of halogens is 1. The molecule has 18 heteroatoms. The molecule has 3 aliphatic rings. The van der Waals surface area contributed by atoms with E-state index in [0.717, 1.165) is 11.3 Å². The number of carbonyl (C=O) groups is 2. The van der Waals surface area contributed by atoms with E-state index >= 15 is 0 Å². The van der Waals surface area contributed by atoms with Crippen LogP contribution in [0.15, 0.2) is 29.2 Å². The van der Waals surface area contributed by atoms with Crippen LogP contribution in [0.4, 0.5) is 4.79 Å². The van der Waals surface area contributed by atoms with E-state index in [1.54, 1.807) is 27.7 Å². The van der Waals surface area contributed by atoms with Gasteiger partial charge in [-0.1, -0.05) is 18.5 Å². The van der Waals surface area contributed by atoms with Gasteiger partial charge in [-0.15, -0.1) is 0 Å². The Morgan fingerprint density at radius 2 is 1.71 bits per heavy atom. The number of aliphatic hydroxyl groups excluding tert-OH is 2. The molecular formula is C40H66ClN3O13S. The zero-order chi connectivity index (χ0) is 43.2. The minimum atomic E-state index is -4.34. The molecule has 4 rings (SSSR count). The third-order valence-electron chi connectivity index (χ3n) is 11.9. The molecule has 1 aromatic rings. The predicted octanol–water partition coefficient (Wildman–Crippen LogP) is 3.81. The fraction of sp³-hybridized carbons (Fsp3) is 0.800. The normalized spacial score (nSPS) is 37.7. The molecule has 0 aromatic heterocycles. The summed E-state index contributed by atoms with van der Waals surface area (Å²) in [6, 6.07) is 4.49. The lowest BCUT2D eigenvalue weighted by atomic mass is 9.88. The molecule has 3 aliphatic heterocycles. The van der Waals surface area contributed by atoms with E-state index in [1.165, 1.54) is 38.3 Å². The minimum Gasteiger partial charge on any atom is -0.459 e. The molecule has 2 amide bonds. The van der Waals surface area contributed by atoms with Crippen molar-refractivity contribution < 1.29 is 61.7 Å². The first-order valence-electron chi connectivity index (χ1n) is 20.3. The van der Waals surface area contributed by atoms with Gasteiger partial charge in [0.25, 0.3) is 10.0 Å². The van der Waals surface area contributed by atoms with Crippen LogP contribution >= 0.6 is 11.6 Å². The average Bonchev–Trinajstić information content (AvgIpc) is 3.15. The van der Waals surface area contributed by atoms with Crippen molar-refractivity contribution in [2.24, 2.45) is 5.92 Å². The summed E-state index contributed by atoms with van der Waals surface area (Å²) in [5.74, 6) is -1.64. The Balaban J connectivity index is 1.67. The maximum atomic E-state index is 14.1. The molecule has 0 radical (unpaired) electrons. The molecule has 0 unspecified atom stereocenters. The highest BCUT2D eigenvalue weighted by molar-refractivity contribution is 7.90. The fourth-order valence-corrected chi connectivity index (χ4v) is 8.99. The van der Waals surface area contributed by atoms with Gasteiger partial charge in [-0.25, -0.2) is 17.9 Å². The lowest BCUT2D eigenvalue weighted by Gasteiger charge is -2.45. The molecule has 1 aromatic carbocycles. The van der Waals surface area contributed by atoms with Gasteiger partial charge in [0.1, 0.15) is 23.9 Å². The Kier molecular flexibility index (Phi) is 17.2. The number of ether oxygens (including phenoxy) is 6. The second-order valence-electron chi connectivity index (χ2n) is 16.7. The number of methoxy groups -OCH3 is 1. The number of sulfonamides is 1. The maximum absolute atomic E-state index is 14.1. The first-order valence-corrected chi connectivity index (χ1v) is 22.2. The lowest BCUT2D eigenvalue weighted by Crippen LogP contribution is -2.58. The van der Waals surface area contributed by atoms with Crippen LogP contribution in [0.1, 0.15) is 92.9 Å². The van der Waals surface area contributed by atoms with E-state index in [1.807, 2.05) is 21.0 Å². The van der Waals surface area contributed by atoms with Crippen LogP contribution in [0.5, 0.6) is 0 Å². The Labute approximate surface area is 348 Å². The van der Waals surface area contributed by atoms with Gasteiger partial charge in [0.05, 0.1) is 47.4 Å². The maximum Gasteiger partial charge on any atom is 0.331 e. The summed E-state index contributed by atoms with van der Waals surface area (Å²) in [5.41, 5.74) is -3.07. The number of urea groups is 1. The number of carbonyl (C=O) groups excluding carboxylic acids is 2. The molecule has 16 nitrogen and oxygen atoms in total. The van der Waals surface area contributed by atoms with Crippen molar-refractivity contribution in [1.82, 2.24) is 14.5 Å². The van der Waals surface area contributed by atoms with Crippen molar-refractivity contribution in [2.75, 3.05) is 34.3 Å². The Bertz CT molecular complexity index is 1600. The molecule has 13 atom stereocenters. The molecule has 332 valence electrons. The van der Waals surface area contributed by atoms with Crippen molar-refractivity contribution in [2.45, 2.75) is 170 Å². The summed E-state index contributed by atoms with van der Waals surface area (Å²) in [4.78, 5) is 30.8. The zero-order valence-corrected chi connectivity index (χ0v) is 36.9. The number of cyclic esters (lactones) is 1. The van der Waals surface area contributed by atoms with Gasteiger partial charge < -0.3 is 53.5 Å². The van der Waals surface area contributed by atoms with Crippen LogP contribution in [0.25, 0.3) is 0 Å². The quantitative estimate of drug-likeness (QED) is 0.261. The van der Waals surface area contributed by atoms with Crippen LogP contribution in [-0.2, 0) is 43.2 Å². The Morgan fingerprint density at radius 1 is 1.03 bits per heavy atom. The molecule has 0 spiro atoms. The fourth-order valence-electron chi connectivity index (χ4n) is 7.89. The van der Waals surface area contributed by atoms with Gasteiger partial charge in [0.2, 0.25) is 0 Å². The highest BCUT2D eigenvalue weighted by Gasteiger charge is 2.48. The van der Waals surface area contributed by atoms with Crippen LogP contribution in [0.3, 0.4) is 0 Å². The first kappa shape index (κ1) is 48.5. The van der Waals surface area contributed by atoms with Crippen LogP contribution in [0.2, 0.25) is 5.02 Å².